The Hall–Kier alpha value is -1.60. The maximum atomic E-state index is 12.2. The van der Waals surface area contributed by atoms with Gasteiger partial charge in [-0.15, -0.1) is 11.3 Å². The van der Waals surface area contributed by atoms with Gasteiger partial charge in [0.2, 0.25) is 0 Å². The van der Waals surface area contributed by atoms with Crippen molar-refractivity contribution in [2.24, 2.45) is 5.92 Å². The third kappa shape index (κ3) is 3.49. The van der Waals surface area contributed by atoms with Crippen LogP contribution in [0.1, 0.15) is 11.8 Å². The van der Waals surface area contributed by atoms with Crippen LogP contribution in [0, 0.1) is 5.92 Å². The molecular formula is C13H18N2O4S. The molecule has 0 bridgehead atoms. The lowest BCUT2D eigenvalue weighted by Gasteiger charge is -2.24. The number of aliphatic carboxylic acids is 1. The van der Waals surface area contributed by atoms with E-state index in [0.717, 1.165) is 4.88 Å². The second-order valence-electron chi connectivity index (χ2n) is 4.63. The third-order valence-corrected chi connectivity index (χ3v) is 4.16. The Kier molecular flexibility index (Phi) is 4.97. The zero-order chi connectivity index (χ0) is 14.5. The number of carboxylic acid groups (broad SMARTS) is 1. The van der Waals surface area contributed by atoms with Crippen molar-refractivity contribution < 1.29 is 19.4 Å². The van der Waals surface area contributed by atoms with Crippen LogP contribution in [-0.2, 0) is 16.1 Å². The number of nitrogens with one attached hydrogen (secondary N) is 1. The standard InChI is InChI=1S/C13H18N2O4S/c1-2-15(6-9-4-3-5-20-9)13(18)14-11-8-19-7-10(11)12(16)17/h3-5,10-11H,2,6-8H2,1H3,(H,14,18)(H,16,17). The normalized spacial score (nSPS) is 21.6. The topological polar surface area (TPSA) is 78.9 Å². The van der Waals surface area contributed by atoms with Crippen molar-refractivity contribution >= 4 is 23.3 Å². The summed E-state index contributed by atoms with van der Waals surface area (Å²) in [5.41, 5.74) is 0. The average Bonchev–Trinajstić information content (AvgIpc) is 3.06. The lowest BCUT2D eigenvalue weighted by Crippen LogP contribution is -2.48. The number of carbonyl (C=O) groups is 2. The molecule has 2 rings (SSSR count). The highest BCUT2D eigenvalue weighted by Crippen LogP contribution is 2.16. The van der Waals surface area contributed by atoms with Gasteiger partial charge in [-0.1, -0.05) is 6.07 Å². The molecule has 1 aliphatic rings. The Morgan fingerprint density at radius 2 is 2.35 bits per heavy atom. The Balaban J connectivity index is 1.93. The second kappa shape index (κ2) is 6.71. The van der Waals surface area contributed by atoms with Crippen LogP contribution < -0.4 is 5.32 Å². The summed E-state index contributed by atoms with van der Waals surface area (Å²) in [7, 11) is 0. The highest BCUT2D eigenvalue weighted by atomic mass is 32.1. The smallest absolute Gasteiger partial charge is 0.318 e. The van der Waals surface area contributed by atoms with E-state index < -0.39 is 17.9 Å². The number of urea groups is 1. The highest BCUT2D eigenvalue weighted by Gasteiger charge is 2.35. The molecule has 1 aromatic rings. The number of hydrogen-bond acceptors (Lipinski definition) is 4. The van der Waals surface area contributed by atoms with Gasteiger partial charge in [-0.25, -0.2) is 4.79 Å². The first-order valence-electron chi connectivity index (χ1n) is 6.50. The zero-order valence-corrected chi connectivity index (χ0v) is 12.1. The number of hydrogen-bond donors (Lipinski definition) is 2. The third-order valence-electron chi connectivity index (χ3n) is 3.30. The van der Waals surface area contributed by atoms with Crippen molar-refractivity contribution in [3.63, 3.8) is 0 Å². The minimum Gasteiger partial charge on any atom is -0.481 e. The molecule has 0 spiro atoms. The summed E-state index contributed by atoms with van der Waals surface area (Å²) in [6.45, 7) is 3.39. The molecule has 2 N–H and O–H groups in total. The van der Waals surface area contributed by atoms with Crippen LogP contribution in [0.25, 0.3) is 0 Å². The van der Waals surface area contributed by atoms with E-state index in [2.05, 4.69) is 5.32 Å². The molecule has 20 heavy (non-hydrogen) atoms. The fourth-order valence-corrected chi connectivity index (χ4v) is 2.83. The Labute approximate surface area is 121 Å². The number of ether oxygens (including phenoxy) is 1. The average molecular weight is 298 g/mol. The summed E-state index contributed by atoms with van der Waals surface area (Å²) in [4.78, 5) is 26.0. The molecule has 0 aromatic carbocycles. The van der Waals surface area contributed by atoms with Crippen LogP contribution in [0.15, 0.2) is 17.5 Å². The van der Waals surface area contributed by atoms with E-state index in [0.29, 0.717) is 13.1 Å². The predicted octanol–water partition coefficient (Wildman–Crippen LogP) is 1.38. The largest absolute Gasteiger partial charge is 0.481 e. The fraction of sp³-hybridized carbons (Fsp3) is 0.538. The van der Waals surface area contributed by atoms with Crippen molar-refractivity contribution in [1.29, 1.82) is 0 Å². The summed E-state index contributed by atoms with van der Waals surface area (Å²) >= 11 is 1.59. The molecule has 0 aliphatic carbocycles. The molecule has 1 fully saturated rings. The van der Waals surface area contributed by atoms with Crippen LogP contribution >= 0.6 is 11.3 Å². The maximum Gasteiger partial charge on any atom is 0.318 e. The lowest BCUT2D eigenvalue weighted by molar-refractivity contribution is -0.142. The van der Waals surface area contributed by atoms with Crippen molar-refractivity contribution in [2.75, 3.05) is 19.8 Å². The minimum atomic E-state index is -0.936. The summed E-state index contributed by atoms with van der Waals surface area (Å²) in [6, 6.07) is 3.20. The van der Waals surface area contributed by atoms with Gasteiger partial charge in [0.25, 0.3) is 0 Å². The van der Waals surface area contributed by atoms with E-state index in [9.17, 15) is 9.59 Å². The molecule has 2 heterocycles. The molecule has 1 aromatic heterocycles. The second-order valence-corrected chi connectivity index (χ2v) is 5.66. The van der Waals surface area contributed by atoms with Crippen molar-refractivity contribution in [1.82, 2.24) is 10.2 Å². The molecule has 0 saturated carbocycles. The number of rotatable bonds is 5. The van der Waals surface area contributed by atoms with Crippen LogP contribution in [0.4, 0.5) is 4.79 Å². The molecule has 2 amide bonds. The molecule has 6 nitrogen and oxygen atoms in total. The first-order chi connectivity index (χ1) is 9.61. The summed E-state index contributed by atoms with van der Waals surface area (Å²) in [5, 5.41) is 13.8. The lowest BCUT2D eigenvalue weighted by atomic mass is 10.0. The quantitative estimate of drug-likeness (QED) is 0.861. The van der Waals surface area contributed by atoms with E-state index in [1.807, 2.05) is 24.4 Å². The molecular weight excluding hydrogens is 280 g/mol. The maximum absolute atomic E-state index is 12.2. The van der Waals surface area contributed by atoms with E-state index in [-0.39, 0.29) is 19.2 Å². The SMILES string of the molecule is CCN(Cc1cccs1)C(=O)NC1COCC1C(=O)O. The van der Waals surface area contributed by atoms with E-state index in [1.165, 1.54) is 0 Å². The van der Waals surface area contributed by atoms with Gasteiger partial charge in [0.05, 0.1) is 25.8 Å². The molecule has 2 atom stereocenters. The number of amides is 2. The summed E-state index contributed by atoms with van der Waals surface area (Å²) in [6.07, 6.45) is 0. The fourth-order valence-electron chi connectivity index (χ4n) is 2.11. The number of carboxylic acids is 1. The van der Waals surface area contributed by atoms with Crippen LogP contribution in [0.5, 0.6) is 0 Å². The van der Waals surface area contributed by atoms with Crippen molar-refractivity contribution in [3.05, 3.63) is 22.4 Å². The number of thiophene rings is 1. The first kappa shape index (κ1) is 14.8. The van der Waals surface area contributed by atoms with Gasteiger partial charge in [-0.3, -0.25) is 4.79 Å². The van der Waals surface area contributed by atoms with Crippen LogP contribution in [0.3, 0.4) is 0 Å². The zero-order valence-electron chi connectivity index (χ0n) is 11.2. The van der Waals surface area contributed by atoms with Gasteiger partial charge in [-0.2, -0.15) is 0 Å². The summed E-state index contributed by atoms with van der Waals surface area (Å²) in [5.74, 6) is -1.60. The van der Waals surface area contributed by atoms with Gasteiger partial charge in [0.1, 0.15) is 5.92 Å². The monoisotopic (exact) mass is 298 g/mol. The molecule has 0 radical (unpaired) electrons. The van der Waals surface area contributed by atoms with Gasteiger partial charge >= 0.3 is 12.0 Å². The Bertz CT molecular complexity index is 463. The van der Waals surface area contributed by atoms with Gasteiger partial charge < -0.3 is 20.1 Å². The first-order valence-corrected chi connectivity index (χ1v) is 7.38. The van der Waals surface area contributed by atoms with Gasteiger partial charge in [-0.05, 0) is 18.4 Å². The van der Waals surface area contributed by atoms with Crippen molar-refractivity contribution in [3.8, 4) is 0 Å². The molecule has 1 saturated heterocycles. The molecule has 110 valence electrons. The van der Waals surface area contributed by atoms with E-state index in [1.54, 1.807) is 16.2 Å². The minimum absolute atomic E-state index is 0.150. The molecule has 2 unspecified atom stereocenters. The Morgan fingerprint density at radius 1 is 1.55 bits per heavy atom. The highest BCUT2D eigenvalue weighted by molar-refractivity contribution is 7.09. The Morgan fingerprint density at radius 3 is 2.95 bits per heavy atom. The summed E-state index contributed by atoms with van der Waals surface area (Å²) < 4.78 is 5.14. The van der Waals surface area contributed by atoms with Gasteiger partial charge in [0, 0.05) is 11.4 Å². The number of nitrogens with zero attached hydrogens (tertiary/aromatic N) is 1. The van der Waals surface area contributed by atoms with Crippen LogP contribution in [0.2, 0.25) is 0 Å². The van der Waals surface area contributed by atoms with E-state index >= 15 is 0 Å². The van der Waals surface area contributed by atoms with Crippen LogP contribution in [-0.4, -0.2) is 47.8 Å². The number of carbonyl (C=O) groups excluding carboxylic acids is 1. The van der Waals surface area contributed by atoms with Crippen molar-refractivity contribution in [2.45, 2.75) is 19.5 Å². The van der Waals surface area contributed by atoms with E-state index in [4.69, 9.17) is 9.84 Å². The molecule has 1 aliphatic heterocycles. The predicted molar refractivity (Wildman–Crippen MR) is 74.7 cm³/mol. The van der Waals surface area contributed by atoms with Gasteiger partial charge in [0.15, 0.2) is 0 Å². The molecule has 7 heteroatoms.